The Morgan fingerprint density at radius 3 is 3.00 bits per heavy atom. The number of rotatable bonds is 2. The summed E-state index contributed by atoms with van der Waals surface area (Å²) < 4.78 is 1.54. The van der Waals surface area contributed by atoms with E-state index in [0.717, 1.165) is 16.6 Å². The predicted octanol–water partition coefficient (Wildman–Crippen LogP) is 0.630. The number of aromatic amines is 1. The van der Waals surface area contributed by atoms with Gasteiger partial charge in [-0.05, 0) is 24.6 Å². The number of aliphatic hydroxyl groups is 1. The van der Waals surface area contributed by atoms with Crippen molar-refractivity contribution in [1.29, 1.82) is 0 Å². The van der Waals surface area contributed by atoms with Gasteiger partial charge in [0, 0.05) is 0 Å². The Kier molecular flexibility index (Phi) is 2.13. The molecule has 0 bridgehead atoms. The summed E-state index contributed by atoms with van der Waals surface area (Å²) in [6.45, 7) is 2.28. The van der Waals surface area contributed by atoms with Gasteiger partial charge in [0.05, 0.1) is 24.2 Å². The molecule has 0 saturated heterocycles. The summed E-state index contributed by atoms with van der Waals surface area (Å²) >= 11 is 0. The lowest BCUT2D eigenvalue weighted by molar-refractivity contribution is 0.276. The average Bonchev–Trinajstić information content (AvgIpc) is 2.45. The Labute approximate surface area is 80.8 Å². The maximum atomic E-state index is 11.4. The van der Waals surface area contributed by atoms with Gasteiger partial charge in [-0.25, -0.2) is 4.79 Å². The highest BCUT2D eigenvalue weighted by molar-refractivity contribution is 5.75. The molecule has 2 rings (SSSR count). The minimum Gasteiger partial charge on any atom is -0.395 e. The smallest absolute Gasteiger partial charge is 0.326 e. The zero-order valence-electron chi connectivity index (χ0n) is 7.95. The van der Waals surface area contributed by atoms with Crippen molar-refractivity contribution in [3.63, 3.8) is 0 Å². The monoisotopic (exact) mass is 192 g/mol. The normalized spacial score (nSPS) is 11.0. The molecular formula is C10H12N2O2. The Hall–Kier alpha value is -1.55. The fourth-order valence-corrected chi connectivity index (χ4v) is 1.58. The van der Waals surface area contributed by atoms with E-state index in [1.807, 2.05) is 25.1 Å². The second-order valence-corrected chi connectivity index (χ2v) is 3.33. The highest BCUT2D eigenvalue weighted by Crippen LogP contribution is 2.11. The summed E-state index contributed by atoms with van der Waals surface area (Å²) in [6, 6.07) is 5.75. The number of nitrogens with one attached hydrogen (secondary N) is 1. The summed E-state index contributed by atoms with van der Waals surface area (Å²) in [5.41, 5.74) is 2.60. The van der Waals surface area contributed by atoms with E-state index in [-0.39, 0.29) is 12.3 Å². The van der Waals surface area contributed by atoms with Crippen molar-refractivity contribution in [3.05, 3.63) is 34.2 Å². The van der Waals surface area contributed by atoms with Gasteiger partial charge >= 0.3 is 5.69 Å². The molecule has 0 aliphatic carbocycles. The minimum atomic E-state index is -0.167. The molecule has 14 heavy (non-hydrogen) atoms. The molecule has 0 aliphatic heterocycles. The zero-order valence-corrected chi connectivity index (χ0v) is 7.95. The van der Waals surface area contributed by atoms with Gasteiger partial charge in [-0.15, -0.1) is 0 Å². The fraction of sp³-hybridized carbons (Fsp3) is 0.300. The van der Waals surface area contributed by atoms with Crippen molar-refractivity contribution in [3.8, 4) is 0 Å². The van der Waals surface area contributed by atoms with Crippen LogP contribution in [0.4, 0.5) is 0 Å². The Bertz CT molecular complexity index is 510. The first-order chi connectivity index (χ1) is 6.72. The predicted molar refractivity (Wildman–Crippen MR) is 54.4 cm³/mol. The molecule has 4 nitrogen and oxygen atoms in total. The first kappa shape index (κ1) is 9.02. The van der Waals surface area contributed by atoms with Crippen LogP contribution in [0.1, 0.15) is 5.56 Å². The quantitative estimate of drug-likeness (QED) is 0.733. The molecule has 2 aromatic rings. The molecule has 0 fully saturated rings. The van der Waals surface area contributed by atoms with Crippen molar-refractivity contribution in [2.24, 2.45) is 0 Å². The summed E-state index contributed by atoms with van der Waals surface area (Å²) in [5, 5.41) is 8.82. The molecule has 0 radical (unpaired) electrons. The molecule has 0 spiro atoms. The number of aromatic nitrogens is 2. The lowest BCUT2D eigenvalue weighted by Gasteiger charge is -1.99. The van der Waals surface area contributed by atoms with E-state index in [9.17, 15) is 4.79 Å². The van der Waals surface area contributed by atoms with Crippen molar-refractivity contribution in [2.45, 2.75) is 13.5 Å². The number of imidazole rings is 1. The topological polar surface area (TPSA) is 58.0 Å². The molecular weight excluding hydrogens is 180 g/mol. The first-order valence-electron chi connectivity index (χ1n) is 4.52. The molecule has 4 heteroatoms. The Morgan fingerprint density at radius 1 is 1.50 bits per heavy atom. The van der Waals surface area contributed by atoms with Crippen LogP contribution in [0.2, 0.25) is 0 Å². The van der Waals surface area contributed by atoms with Gasteiger partial charge in [0.15, 0.2) is 0 Å². The van der Waals surface area contributed by atoms with Gasteiger partial charge in [0.1, 0.15) is 0 Å². The largest absolute Gasteiger partial charge is 0.395 e. The van der Waals surface area contributed by atoms with E-state index in [1.165, 1.54) is 0 Å². The van der Waals surface area contributed by atoms with Crippen LogP contribution in [-0.2, 0) is 6.54 Å². The van der Waals surface area contributed by atoms with Crippen LogP contribution in [0.5, 0.6) is 0 Å². The summed E-state index contributed by atoms with van der Waals surface area (Å²) in [6.07, 6.45) is 0. The third-order valence-electron chi connectivity index (χ3n) is 2.25. The number of hydrogen-bond acceptors (Lipinski definition) is 2. The molecule has 2 N–H and O–H groups in total. The van der Waals surface area contributed by atoms with E-state index in [2.05, 4.69) is 4.98 Å². The van der Waals surface area contributed by atoms with Crippen LogP contribution in [0.15, 0.2) is 23.0 Å². The van der Waals surface area contributed by atoms with E-state index in [1.54, 1.807) is 4.57 Å². The van der Waals surface area contributed by atoms with Crippen LogP contribution in [0, 0.1) is 6.92 Å². The Morgan fingerprint density at radius 2 is 2.29 bits per heavy atom. The lowest BCUT2D eigenvalue weighted by Crippen LogP contribution is -2.18. The van der Waals surface area contributed by atoms with Crippen molar-refractivity contribution in [2.75, 3.05) is 6.61 Å². The van der Waals surface area contributed by atoms with Crippen LogP contribution in [0.3, 0.4) is 0 Å². The lowest BCUT2D eigenvalue weighted by atomic mass is 10.2. The third kappa shape index (κ3) is 1.33. The van der Waals surface area contributed by atoms with Gasteiger partial charge in [-0.2, -0.15) is 0 Å². The summed E-state index contributed by atoms with van der Waals surface area (Å²) in [7, 11) is 0. The maximum absolute atomic E-state index is 11.4. The van der Waals surface area contributed by atoms with Gasteiger partial charge in [0.25, 0.3) is 0 Å². The SMILES string of the molecule is Cc1ccc2[nH]c(=O)n(CCO)c2c1. The molecule has 0 unspecified atom stereocenters. The molecule has 0 atom stereocenters. The van der Waals surface area contributed by atoms with Crippen LogP contribution >= 0.6 is 0 Å². The maximum Gasteiger partial charge on any atom is 0.326 e. The summed E-state index contributed by atoms with van der Waals surface area (Å²) in [5.74, 6) is 0. The highest BCUT2D eigenvalue weighted by Gasteiger charge is 2.05. The van der Waals surface area contributed by atoms with Gasteiger partial charge in [-0.3, -0.25) is 4.57 Å². The number of aliphatic hydroxyl groups excluding tert-OH is 1. The van der Waals surface area contributed by atoms with Gasteiger partial charge < -0.3 is 10.1 Å². The van der Waals surface area contributed by atoms with Gasteiger partial charge in [0.2, 0.25) is 0 Å². The number of hydrogen-bond donors (Lipinski definition) is 2. The number of nitrogens with zero attached hydrogens (tertiary/aromatic N) is 1. The second kappa shape index (κ2) is 3.31. The van der Waals surface area contributed by atoms with Crippen LogP contribution in [0.25, 0.3) is 11.0 Å². The van der Waals surface area contributed by atoms with Crippen molar-refractivity contribution < 1.29 is 5.11 Å². The van der Waals surface area contributed by atoms with E-state index < -0.39 is 0 Å². The third-order valence-corrected chi connectivity index (χ3v) is 2.25. The molecule has 0 aliphatic rings. The fourth-order valence-electron chi connectivity index (χ4n) is 1.58. The van der Waals surface area contributed by atoms with Crippen LogP contribution in [-0.4, -0.2) is 21.3 Å². The number of H-pyrrole nitrogens is 1. The second-order valence-electron chi connectivity index (χ2n) is 3.33. The average molecular weight is 192 g/mol. The van der Waals surface area contributed by atoms with Gasteiger partial charge in [-0.1, -0.05) is 6.07 Å². The van der Waals surface area contributed by atoms with E-state index >= 15 is 0 Å². The van der Waals surface area contributed by atoms with Crippen molar-refractivity contribution >= 4 is 11.0 Å². The molecule has 0 saturated carbocycles. The number of aryl methyl sites for hydroxylation is 1. The molecule has 1 aromatic carbocycles. The zero-order chi connectivity index (χ0) is 10.1. The molecule has 1 heterocycles. The Balaban J connectivity index is 2.73. The van der Waals surface area contributed by atoms with Crippen molar-refractivity contribution in [1.82, 2.24) is 9.55 Å². The number of fused-ring (bicyclic) bond motifs is 1. The molecule has 0 amide bonds. The minimum absolute atomic E-state index is 0.0270. The van der Waals surface area contributed by atoms with Crippen LogP contribution < -0.4 is 5.69 Å². The standard InChI is InChI=1S/C10H12N2O2/c1-7-2-3-8-9(6-7)12(4-5-13)10(14)11-8/h2-3,6,13H,4-5H2,1H3,(H,11,14). The molecule has 1 aromatic heterocycles. The van der Waals surface area contributed by atoms with E-state index in [4.69, 9.17) is 5.11 Å². The first-order valence-corrected chi connectivity index (χ1v) is 4.52. The summed E-state index contributed by atoms with van der Waals surface area (Å²) in [4.78, 5) is 14.2. The number of benzene rings is 1. The highest BCUT2D eigenvalue weighted by atomic mass is 16.3. The van der Waals surface area contributed by atoms with E-state index in [0.29, 0.717) is 6.54 Å². The molecule has 74 valence electrons.